The molecule has 5 heteroatoms. The Balaban J connectivity index is 2.71. The molecule has 2 nitrogen and oxygen atoms in total. The SMILES string of the molecule is Cc1cc(CC(C)(C)N)nc2c(Cl)cc(Cl)c(Cl)c12. The van der Waals surface area contributed by atoms with Crippen LogP contribution in [0.1, 0.15) is 25.1 Å². The topological polar surface area (TPSA) is 38.9 Å². The number of nitrogens with two attached hydrogens (primary N) is 1. The summed E-state index contributed by atoms with van der Waals surface area (Å²) in [6.45, 7) is 5.89. The van der Waals surface area contributed by atoms with Crippen LogP contribution < -0.4 is 5.73 Å². The van der Waals surface area contributed by atoms with Crippen LogP contribution in [0.4, 0.5) is 0 Å². The first-order valence-electron chi connectivity index (χ1n) is 5.91. The number of hydrogen-bond donors (Lipinski definition) is 1. The van der Waals surface area contributed by atoms with E-state index in [0.29, 0.717) is 27.0 Å². The lowest BCUT2D eigenvalue weighted by Gasteiger charge is -2.19. The number of hydrogen-bond acceptors (Lipinski definition) is 2. The highest BCUT2D eigenvalue weighted by Crippen LogP contribution is 2.37. The zero-order chi connectivity index (χ0) is 14.4. The van der Waals surface area contributed by atoms with Gasteiger partial charge in [0.05, 0.1) is 20.6 Å². The van der Waals surface area contributed by atoms with Crippen LogP contribution in [0.15, 0.2) is 12.1 Å². The van der Waals surface area contributed by atoms with Gasteiger partial charge in [-0.2, -0.15) is 0 Å². The van der Waals surface area contributed by atoms with Gasteiger partial charge in [0.1, 0.15) is 0 Å². The monoisotopic (exact) mass is 316 g/mol. The molecule has 0 bridgehead atoms. The highest BCUT2D eigenvalue weighted by atomic mass is 35.5. The molecule has 0 atom stereocenters. The Morgan fingerprint density at radius 1 is 1.16 bits per heavy atom. The second-order valence-electron chi connectivity index (χ2n) is 5.47. The molecular weight excluding hydrogens is 303 g/mol. The van der Waals surface area contributed by atoms with Gasteiger partial charge in [-0.25, -0.2) is 0 Å². The van der Waals surface area contributed by atoms with Crippen molar-refractivity contribution < 1.29 is 0 Å². The number of aryl methyl sites for hydroxylation is 1. The number of fused-ring (bicyclic) bond motifs is 1. The first-order valence-corrected chi connectivity index (χ1v) is 7.05. The van der Waals surface area contributed by atoms with E-state index in [1.807, 2.05) is 26.8 Å². The first kappa shape index (κ1) is 14.9. The molecule has 0 saturated heterocycles. The van der Waals surface area contributed by atoms with Gasteiger partial charge >= 0.3 is 0 Å². The van der Waals surface area contributed by atoms with E-state index in [0.717, 1.165) is 16.6 Å². The zero-order valence-electron chi connectivity index (χ0n) is 11.0. The van der Waals surface area contributed by atoms with Crippen LogP contribution in [0.25, 0.3) is 10.9 Å². The van der Waals surface area contributed by atoms with Gasteiger partial charge in [-0.05, 0) is 38.5 Å². The van der Waals surface area contributed by atoms with Crippen molar-refractivity contribution in [3.63, 3.8) is 0 Å². The minimum absolute atomic E-state index is 0.324. The van der Waals surface area contributed by atoms with Crippen LogP contribution in [-0.4, -0.2) is 10.5 Å². The van der Waals surface area contributed by atoms with E-state index in [-0.39, 0.29) is 5.54 Å². The van der Waals surface area contributed by atoms with Crippen molar-refractivity contribution in [1.82, 2.24) is 4.98 Å². The van der Waals surface area contributed by atoms with Crippen LogP contribution in [0.5, 0.6) is 0 Å². The Bertz CT molecular complexity index is 645. The zero-order valence-corrected chi connectivity index (χ0v) is 13.3. The van der Waals surface area contributed by atoms with Crippen LogP contribution in [0.3, 0.4) is 0 Å². The summed E-state index contributed by atoms with van der Waals surface area (Å²) < 4.78 is 0. The largest absolute Gasteiger partial charge is 0.325 e. The Hall–Kier alpha value is -0.540. The van der Waals surface area contributed by atoms with Crippen molar-refractivity contribution in [2.24, 2.45) is 5.73 Å². The van der Waals surface area contributed by atoms with Gasteiger partial charge in [-0.3, -0.25) is 4.98 Å². The molecule has 0 radical (unpaired) electrons. The molecule has 0 aliphatic heterocycles. The summed E-state index contributed by atoms with van der Waals surface area (Å²) in [7, 11) is 0. The van der Waals surface area contributed by atoms with Crippen molar-refractivity contribution in [3.8, 4) is 0 Å². The van der Waals surface area contributed by atoms with Crippen LogP contribution in [0, 0.1) is 6.92 Å². The molecule has 0 fully saturated rings. The fourth-order valence-electron chi connectivity index (χ4n) is 2.11. The van der Waals surface area contributed by atoms with Crippen molar-refractivity contribution >= 4 is 45.7 Å². The Labute approximate surface area is 127 Å². The van der Waals surface area contributed by atoms with Gasteiger partial charge < -0.3 is 5.73 Å². The Morgan fingerprint density at radius 2 is 1.79 bits per heavy atom. The average Bonchev–Trinajstić information content (AvgIpc) is 2.23. The van der Waals surface area contributed by atoms with Gasteiger partial charge in [0, 0.05) is 23.0 Å². The molecule has 2 aromatic rings. The summed E-state index contributed by atoms with van der Waals surface area (Å²) in [6.07, 6.45) is 0.667. The Morgan fingerprint density at radius 3 is 2.37 bits per heavy atom. The van der Waals surface area contributed by atoms with Gasteiger partial charge in [-0.1, -0.05) is 34.8 Å². The summed E-state index contributed by atoms with van der Waals surface area (Å²) in [5, 5.41) is 2.24. The summed E-state index contributed by atoms with van der Waals surface area (Å²) in [6, 6.07) is 3.60. The second kappa shape index (κ2) is 5.10. The number of aromatic nitrogens is 1. The number of halogens is 3. The van der Waals surface area contributed by atoms with Crippen LogP contribution in [0.2, 0.25) is 15.1 Å². The molecule has 102 valence electrons. The average molecular weight is 318 g/mol. The quantitative estimate of drug-likeness (QED) is 0.809. The predicted molar refractivity (Wildman–Crippen MR) is 83.5 cm³/mol. The standard InChI is InChI=1S/C14H15Cl3N2/c1-7-4-8(6-14(2,3)18)19-13-10(16)5-9(15)12(17)11(7)13/h4-5H,6,18H2,1-3H3. The molecule has 1 aromatic heterocycles. The molecule has 1 heterocycles. The first-order chi connectivity index (χ1) is 8.69. The molecule has 0 aliphatic carbocycles. The lowest BCUT2D eigenvalue weighted by Crippen LogP contribution is -2.34. The normalized spacial score (nSPS) is 12.2. The van der Waals surface area contributed by atoms with Gasteiger partial charge in [0.15, 0.2) is 0 Å². The van der Waals surface area contributed by atoms with E-state index in [9.17, 15) is 0 Å². The van der Waals surface area contributed by atoms with E-state index in [1.54, 1.807) is 6.07 Å². The van der Waals surface area contributed by atoms with Crippen molar-refractivity contribution in [1.29, 1.82) is 0 Å². The number of benzene rings is 1. The fourth-order valence-corrected chi connectivity index (χ4v) is 2.91. The highest BCUT2D eigenvalue weighted by molar-refractivity contribution is 6.47. The fraction of sp³-hybridized carbons (Fsp3) is 0.357. The third kappa shape index (κ3) is 3.14. The van der Waals surface area contributed by atoms with E-state index in [1.165, 1.54) is 0 Å². The molecular formula is C14H15Cl3N2. The molecule has 0 amide bonds. The molecule has 0 saturated carbocycles. The molecule has 0 aliphatic rings. The summed E-state index contributed by atoms with van der Waals surface area (Å²) in [4.78, 5) is 4.57. The minimum atomic E-state index is -0.324. The summed E-state index contributed by atoms with van der Waals surface area (Å²) in [5.74, 6) is 0. The van der Waals surface area contributed by atoms with Gasteiger partial charge in [0.25, 0.3) is 0 Å². The third-order valence-corrected chi connectivity index (χ3v) is 3.89. The molecule has 1 aromatic carbocycles. The lowest BCUT2D eigenvalue weighted by molar-refractivity contribution is 0.511. The maximum Gasteiger partial charge on any atom is 0.0910 e. The number of pyridine rings is 1. The lowest BCUT2D eigenvalue weighted by atomic mass is 9.98. The number of nitrogens with zero attached hydrogens (tertiary/aromatic N) is 1. The molecule has 0 unspecified atom stereocenters. The molecule has 2 N–H and O–H groups in total. The summed E-state index contributed by atoms with van der Waals surface area (Å²) >= 11 is 18.5. The van der Waals surface area contributed by atoms with E-state index < -0.39 is 0 Å². The van der Waals surface area contributed by atoms with Crippen molar-refractivity contribution in [2.75, 3.05) is 0 Å². The third-order valence-electron chi connectivity index (χ3n) is 2.82. The van der Waals surface area contributed by atoms with Crippen LogP contribution in [-0.2, 0) is 6.42 Å². The Kier molecular flexibility index (Phi) is 3.99. The maximum atomic E-state index is 6.23. The second-order valence-corrected chi connectivity index (χ2v) is 6.67. The molecule has 2 rings (SSSR count). The number of rotatable bonds is 2. The molecule has 19 heavy (non-hydrogen) atoms. The highest BCUT2D eigenvalue weighted by Gasteiger charge is 2.17. The van der Waals surface area contributed by atoms with Crippen LogP contribution >= 0.6 is 34.8 Å². The van der Waals surface area contributed by atoms with E-state index in [4.69, 9.17) is 40.5 Å². The summed E-state index contributed by atoms with van der Waals surface area (Å²) in [5.41, 5.74) is 8.29. The van der Waals surface area contributed by atoms with Gasteiger partial charge in [0.2, 0.25) is 0 Å². The van der Waals surface area contributed by atoms with Crippen molar-refractivity contribution in [3.05, 3.63) is 38.5 Å². The van der Waals surface area contributed by atoms with Gasteiger partial charge in [-0.15, -0.1) is 0 Å². The molecule has 0 spiro atoms. The van der Waals surface area contributed by atoms with E-state index in [2.05, 4.69) is 4.98 Å². The smallest absolute Gasteiger partial charge is 0.0910 e. The van der Waals surface area contributed by atoms with E-state index >= 15 is 0 Å². The predicted octanol–water partition coefficient (Wildman–Crippen LogP) is 4.78. The maximum absolute atomic E-state index is 6.23. The van der Waals surface area contributed by atoms with Crippen molar-refractivity contribution in [2.45, 2.75) is 32.7 Å². The minimum Gasteiger partial charge on any atom is -0.325 e.